The number of hydrogen-bond acceptors (Lipinski definition) is 3. The van der Waals surface area contributed by atoms with E-state index in [0.29, 0.717) is 22.2 Å². The van der Waals surface area contributed by atoms with Crippen LogP contribution in [0, 0.1) is 11.6 Å². The molecule has 0 spiro atoms. The van der Waals surface area contributed by atoms with Gasteiger partial charge in [-0.1, -0.05) is 34.1 Å². The lowest BCUT2D eigenvalue weighted by Crippen LogP contribution is -2.35. The van der Waals surface area contributed by atoms with Gasteiger partial charge in [-0.3, -0.25) is 14.6 Å². The zero-order chi connectivity index (χ0) is 21.7. The lowest BCUT2D eigenvalue weighted by atomic mass is 10.1. The molecule has 0 unspecified atom stereocenters. The van der Waals surface area contributed by atoms with E-state index in [1.807, 2.05) is 0 Å². The molecular weight excluding hydrogens is 458 g/mol. The number of aromatic nitrogens is 1. The molecule has 0 fully saturated rings. The molecule has 1 N–H and O–H groups in total. The van der Waals surface area contributed by atoms with E-state index in [-0.39, 0.29) is 23.5 Å². The van der Waals surface area contributed by atoms with Gasteiger partial charge in [0.15, 0.2) is 0 Å². The van der Waals surface area contributed by atoms with Gasteiger partial charge in [0.05, 0.1) is 0 Å². The van der Waals surface area contributed by atoms with Gasteiger partial charge >= 0.3 is 5.97 Å². The maximum Gasteiger partial charge on any atom is 0.323 e. The highest BCUT2D eigenvalue weighted by atomic mass is 79.9. The van der Waals surface area contributed by atoms with Gasteiger partial charge in [0, 0.05) is 40.5 Å². The summed E-state index contributed by atoms with van der Waals surface area (Å²) in [5.41, 5.74) is 1.62. The number of carboxylic acids is 1. The van der Waals surface area contributed by atoms with E-state index in [1.165, 1.54) is 42.6 Å². The van der Waals surface area contributed by atoms with Crippen LogP contribution in [0.25, 0.3) is 0 Å². The van der Waals surface area contributed by atoms with Crippen molar-refractivity contribution in [3.8, 4) is 0 Å². The van der Waals surface area contributed by atoms with Crippen molar-refractivity contribution in [2.75, 3.05) is 6.54 Å². The van der Waals surface area contributed by atoms with Crippen molar-refractivity contribution in [2.45, 2.75) is 13.0 Å². The predicted octanol–water partition coefficient (Wildman–Crippen LogP) is 4.44. The fourth-order valence-electron chi connectivity index (χ4n) is 2.96. The Balaban J connectivity index is 1.84. The Morgan fingerprint density at radius 3 is 2.57 bits per heavy atom. The van der Waals surface area contributed by atoms with Crippen LogP contribution in [-0.2, 0) is 17.8 Å². The molecule has 0 saturated heterocycles. The number of carbonyl (C=O) groups is 2. The number of benzene rings is 2. The summed E-state index contributed by atoms with van der Waals surface area (Å²) >= 11 is 3.16. The SMILES string of the molecule is O=C(O)CN(Cc1ccc(Br)cc1F)C(=O)c1ccnc(Cc2cccc(F)c2)c1. The Bertz CT molecular complexity index is 1090. The molecule has 1 aromatic heterocycles. The van der Waals surface area contributed by atoms with Gasteiger partial charge < -0.3 is 10.0 Å². The number of rotatable bonds is 7. The summed E-state index contributed by atoms with van der Waals surface area (Å²) in [6.07, 6.45) is 1.74. The summed E-state index contributed by atoms with van der Waals surface area (Å²) in [7, 11) is 0. The summed E-state index contributed by atoms with van der Waals surface area (Å²) in [6, 6.07) is 13.4. The minimum absolute atomic E-state index is 0.196. The molecule has 0 aliphatic carbocycles. The highest BCUT2D eigenvalue weighted by molar-refractivity contribution is 9.10. The summed E-state index contributed by atoms with van der Waals surface area (Å²) in [6.45, 7) is -0.790. The third kappa shape index (κ3) is 5.70. The number of aliphatic carboxylic acids is 1. The standard InChI is InChI=1S/C22H17BrF2N2O3/c23-17-5-4-16(20(25)11-17)12-27(13-21(28)29)22(30)15-6-7-26-19(10-15)9-14-2-1-3-18(24)8-14/h1-8,10-11H,9,12-13H2,(H,28,29). The number of halogens is 3. The third-order valence-electron chi connectivity index (χ3n) is 4.33. The van der Waals surface area contributed by atoms with Crippen LogP contribution in [0.15, 0.2) is 65.3 Å². The van der Waals surface area contributed by atoms with Gasteiger partial charge in [0.25, 0.3) is 5.91 Å². The van der Waals surface area contributed by atoms with Crippen LogP contribution in [0.2, 0.25) is 0 Å². The topological polar surface area (TPSA) is 70.5 Å². The first-order valence-corrected chi connectivity index (χ1v) is 9.75. The van der Waals surface area contributed by atoms with Gasteiger partial charge in [0.1, 0.15) is 18.2 Å². The van der Waals surface area contributed by atoms with E-state index in [2.05, 4.69) is 20.9 Å². The zero-order valence-electron chi connectivity index (χ0n) is 15.7. The molecule has 3 aromatic rings. The molecule has 8 heteroatoms. The number of carbonyl (C=O) groups excluding carboxylic acids is 1. The highest BCUT2D eigenvalue weighted by Gasteiger charge is 2.21. The Morgan fingerprint density at radius 2 is 1.87 bits per heavy atom. The summed E-state index contributed by atoms with van der Waals surface area (Å²) in [5.74, 6) is -2.70. The molecule has 0 atom stereocenters. The second kappa shape index (κ2) is 9.58. The average molecular weight is 475 g/mol. The monoisotopic (exact) mass is 474 g/mol. The average Bonchev–Trinajstić information content (AvgIpc) is 2.69. The van der Waals surface area contributed by atoms with Crippen molar-refractivity contribution in [2.24, 2.45) is 0 Å². The number of nitrogens with zero attached hydrogens (tertiary/aromatic N) is 2. The van der Waals surface area contributed by atoms with Crippen LogP contribution in [0.1, 0.15) is 27.2 Å². The minimum atomic E-state index is -1.21. The maximum absolute atomic E-state index is 14.2. The van der Waals surface area contributed by atoms with Crippen molar-refractivity contribution in [3.63, 3.8) is 0 Å². The molecule has 154 valence electrons. The van der Waals surface area contributed by atoms with Crippen LogP contribution in [-0.4, -0.2) is 33.4 Å². The Hall–Kier alpha value is -3.13. The molecule has 30 heavy (non-hydrogen) atoms. The van der Waals surface area contributed by atoms with Crippen molar-refractivity contribution in [1.29, 1.82) is 0 Å². The molecular formula is C22H17BrF2N2O3. The normalized spacial score (nSPS) is 10.6. The Labute approximate surface area is 180 Å². The summed E-state index contributed by atoms with van der Waals surface area (Å²) in [4.78, 5) is 29.5. The largest absolute Gasteiger partial charge is 0.480 e. The van der Waals surface area contributed by atoms with Crippen molar-refractivity contribution in [1.82, 2.24) is 9.88 Å². The number of carboxylic acid groups (broad SMARTS) is 1. The van der Waals surface area contributed by atoms with E-state index in [0.717, 1.165) is 4.90 Å². The van der Waals surface area contributed by atoms with Gasteiger partial charge in [-0.15, -0.1) is 0 Å². The number of pyridine rings is 1. The van der Waals surface area contributed by atoms with Crippen LogP contribution in [0.4, 0.5) is 8.78 Å². The first kappa shape index (κ1) is 21.6. The summed E-state index contributed by atoms with van der Waals surface area (Å²) < 4.78 is 28.1. The van der Waals surface area contributed by atoms with Gasteiger partial charge in [-0.05, 0) is 42.0 Å². The second-order valence-electron chi connectivity index (χ2n) is 6.63. The van der Waals surface area contributed by atoms with Gasteiger partial charge in [-0.25, -0.2) is 8.78 Å². The molecule has 1 heterocycles. The zero-order valence-corrected chi connectivity index (χ0v) is 17.3. The molecule has 5 nitrogen and oxygen atoms in total. The third-order valence-corrected chi connectivity index (χ3v) is 4.82. The first-order chi connectivity index (χ1) is 14.3. The molecule has 3 rings (SSSR count). The van der Waals surface area contributed by atoms with Gasteiger partial charge in [-0.2, -0.15) is 0 Å². The molecule has 0 radical (unpaired) electrons. The minimum Gasteiger partial charge on any atom is -0.480 e. The van der Waals surface area contributed by atoms with E-state index in [1.54, 1.807) is 18.2 Å². The fourth-order valence-corrected chi connectivity index (χ4v) is 3.30. The van der Waals surface area contributed by atoms with Crippen LogP contribution in [0.5, 0.6) is 0 Å². The van der Waals surface area contributed by atoms with E-state index in [9.17, 15) is 23.5 Å². The molecule has 2 aromatic carbocycles. The molecule has 0 saturated carbocycles. The fraction of sp³-hybridized carbons (Fsp3) is 0.136. The molecule has 0 aliphatic rings. The second-order valence-corrected chi connectivity index (χ2v) is 7.55. The quantitative estimate of drug-likeness (QED) is 0.549. The maximum atomic E-state index is 14.2. The van der Waals surface area contributed by atoms with Crippen LogP contribution in [0.3, 0.4) is 0 Å². The van der Waals surface area contributed by atoms with Crippen molar-refractivity contribution in [3.05, 3.63) is 99.3 Å². The lowest BCUT2D eigenvalue weighted by Gasteiger charge is -2.21. The van der Waals surface area contributed by atoms with Crippen molar-refractivity contribution >= 4 is 27.8 Å². The van der Waals surface area contributed by atoms with Crippen LogP contribution >= 0.6 is 15.9 Å². The number of amides is 1. The smallest absolute Gasteiger partial charge is 0.323 e. The number of hydrogen-bond donors (Lipinski definition) is 1. The lowest BCUT2D eigenvalue weighted by molar-refractivity contribution is -0.137. The van der Waals surface area contributed by atoms with Crippen LogP contribution < -0.4 is 0 Å². The molecule has 0 aliphatic heterocycles. The predicted molar refractivity (Wildman–Crippen MR) is 110 cm³/mol. The molecule has 1 amide bonds. The van der Waals surface area contributed by atoms with E-state index >= 15 is 0 Å². The first-order valence-electron chi connectivity index (χ1n) is 8.96. The Morgan fingerprint density at radius 1 is 1.07 bits per heavy atom. The van der Waals surface area contributed by atoms with Crippen molar-refractivity contribution < 1.29 is 23.5 Å². The van der Waals surface area contributed by atoms with E-state index in [4.69, 9.17) is 0 Å². The highest BCUT2D eigenvalue weighted by Crippen LogP contribution is 2.19. The van der Waals surface area contributed by atoms with Gasteiger partial charge in [0.2, 0.25) is 0 Å². The molecule has 0 bridgehead atoms. The Kier molecular flexibility index (Phi) is 6.89. The van der Waals surface area contributed by atoms with E-state index < -0.39 is 24.2 Å². The summed E-state index contributed by atoms with van der Waals surface area (Å²) in [5, 5.41) is 9.20.